The van der Waals surface area contributed by atoms with E-state index in [1.54, 1.807) is 12.3 Å². The molecular weight excluding hydrogens is 352 g/mol. The molecule has 0 bridgehead atoms. The summed E-state index contributed by atoms with van der Waals surface area (Å²) in [6, 6.07) is 9.60. The maximum Gasteiger partial charge on any atom is 0.306 e. The van der Waals surface area contributed by atoms with Gasteiger partial charge in [-0.2, -0.15) is 0 Å². The number of hydrogen-bond donors (Lipinski definition) is 1. The molecule has 1 aromatic carbocycles. The molecular formula is C20H25ClN2O3. The number of carbonyl (C=O) groups excluding carboxylic acids is 2. The summed E-state index contributed by atoms with van der Waals surface area (Å²) in [5.74, 6) is 0.208. The number of nitrogens with zero attached hydrogens (tertiary/aromatic N) is 1. The Kier molecular flexibility index (Phi) is 7.39. The smallest absolute Gasteiger partial charge is 0.306 e. The summed E-state index contributed by atoms with van der Waals surface area (Å²) in [7, 11) is 0. The number of rotatable bonds is 5. The highest BCUT2D eigenvalue weighted by molar-refractivity contribution is 6.06. The summed E-state index contributed by atoms with van der Waals surface area (Å²) in [4.78, 5) is 28.5. The van der Waals surface area contributed by atoms with Crippen molar-refractivity contribution in [3.05, 3.63) is 42.1 Å². The topological polar surface area (TPSA) is 68.3 Å². The minimum atomic E-state index is -0.113. The molecule has 3 rings (SSSR count). The summed E-state index contributed by atoms with van der Waals surface area (Å²) in [6.45, 7) is 2.26. The van der Waals surface area contributed by atoms with Gasteiger partial charge in [0.2, 0.25) is 0 Å². The zero-order chi connectivity index (χ0) is 17.6. The van der Waals surface area contributed by atoms with Crippen molar-refractivity contribution in [2.75, 3.05) is 6.61 Å². The molecule has 1 saturated carbocycles. The highest BCUT2D eigenvalue weighted by Gasteiger charge is 2.25. The Morgan fingerprint density at radius 3 is 2.62 bits per heavy atom. The normalized spacial score (nSPS) is 19.4. The van der Waals surface area contributed by atoms with Crippen LogP contribution in [0.15, 0.2) is 36.5 Å². The van der Waals surface area contributed by atoms with Crippen LogP contribution in [0.25, 0.3) is 10.9 Å². The lowest BCUT2D eigenvalue weighted by Gasteiger charge is -2.28. The number of aromatic nitrogens is 1. The molecule has 26 heavy (non-hydrogen) atoms. The predicted octanol–water partition coefficient (Wildman–Crippen LogP) is 3.90. The first kappa shape index (κ1) is 20.2. The van der Waals surface area contributed by atoms with E-state index < -0.39 is 0 Å². The lowest BCUT2D eigenvalue weighted by molar-refractivity contribution is -0.144. The summed E-state index contributed by atoms with van der Waals surface area (Å²) in [5, 5.41) is 4.02. The number of hydrogen-bond acceptors (Lipinski definition) is 4. The van der Waals surface area contributed by atoms with Crippen molar-refractivity contribution in [3.63, 3.8) is 0 Å². The van der Waals surface area contributed by atoms with E-state index in [-0.39, 0.29) is 30.3 Å². The highest BCUT2D eigenvalue weighted by Crippen LogP contribution is 2.27. The van der Waals surface area contributed by atoms with Crippen LogP contribution in [0.3, 0.4) is 0 Å². The van der Waals surface area contributed by atoms with Crippen molar-refractivity contribution in [1.82, 2.24) is 10.3 Å². The van der Waals surface area contributed by atoms with Gasteiger partial charge in [0.15, 0.2) is 0 Å². The Hall–Kier alpha value is -2.14. The molecule has 1 heterocycles. The van der Waals surface area contributed by atoms with Gasteiger partial charge in [-0.25, -0.2) is 0 Å². The second-order valence-corrected chi connectivity index (χ2v) is 6.58. The lowest BCUT2D eigenvalue weighted by atomic mass is 9.84. The molecule has 0 atom stereocenters. The van der Waals surface area contributed by atoms with Crippen LogP contribution >= 0.6 is 12.4 Å². The Morgan fingerprint density at radius 2 is 1.88 bits per heavy atom. The molecule has 0 radical (unpaired) electrons. The van der Waals surface area contributed by atoms with Gasteiger partial charge in [-0.3, -0.25) is 14.6 Å². The zero-order valence-electron chi connectivity index (χ0n) is 14.9. The van der Waals surface area contributed by atoms with Gasteiger partial charge in [-0.05, 0) is 50.7 Å². The number of benzene rings is 1. The fraction of sp³-hybridized carbons (Fsp3) is 0.450. The van der Waals surface area contributed by atoms with Crippen molar-refractivity contribution in [3.8, 4) is 0 Å². The van der Waals surface area contributed by atoms with Crippen LogP contribution in [0, 0.1) is 5.92 Å². The van der Waals surface area contributed by atoms with Crippen LogP contribution in [0.5, 0.6) is 0 Å². The summed E-state index contributed by atoms with van der Waals surface area (Å²) in [6.07, 6.45) is 5.86. The zero-order valence-corrected chi connectivity index (χ0v) is 15.8. The molecule has 0 spiro atoms. The van der Waals surface area contributed by atoms with E-state index in [1.165, 1.54) is 0 Å². The van der Waals surface area contributed by atoms with Crippen LogP contribution in [-0.4, -0.2) is 29.5 Å². The number of ether oxygens (including phenoxy) is 1. The molecule has 1 aliphatic rings. The first-order chi connectivity index (χ1) is 12.2. The van der Waals surface area contributed by atoms with Crippen molar-refractivity contribution < 1.29 is 14.3 Å². The van der Waals surface area contributed by atoms with E-state index in [2.05, 4.69) is 10.3 Å². The number of nitrogens with one attached hydrogen (secondary N) is 1. The number of fused-ring (bicyclic) bond motifs is 1. The minimum Gasteiger partial charge on any atom is -0.466 e. The molecule has 6 heteroatoms. The van der Waals surface area contributed by atoms with E-state index in [9.17, 15) is 9.59 Å². The third kappa shape index (κ3) is 4.94. The van der Waals surface area contributed by atoms with Crippen LogP contribution in [0.4, 0.5) is 0 Å². The van der Waals surface area contributed by atoms with E-state index in [4.69, 9.17) is 4.74 Å². The van der Waals surface area contributed by atoms with Crippen molar-refractivity contribution in [1.29, 1.82) is 0 Å². The molecule has 140 valence electrons. The Labute approximate surface area is 159 Å². The minimum absolute atomic E-state index is 0. The number of carbonyl (C=O) groups is 2. The SMILES string of the molecule is CCOC(=O)CC1CCC(NC(=O)c2ccnc3ccccc23)CC1.Cl. The number of amides is 1. The number of halogens is 1. The maximum atomic E-state index is 12.7. The average Bonchev–Trinajstić information content (AvgIpc) is 2.63. The van der Waals surface area contributed by atoms with E-state index in [0.717, 1.165) is 36.6 Å². The summed E-state index contributed by atoms with van der Waals surface area (Å²) in [5.41, 5.74) is 1.49. The largest absolute Gasteiger partial charge is 0.466 e. The van der Waals surface area contributed by atoms with Crippen LogP contribution in [-0.2, 0) is 9.53 Å². The summed E-state index contributed by atoms with van der Waals surface area (Å²) >= 11 is 0. The molecule has 5 nitrogen and oxygen atoms in total. The number of para-hydroxylation sites is 1. The molecule has 1 fully saturated rings. The first-order valence-electron chi connectivity index (χ1n) is 8.97. The molecule has 1 amide bonds. The van der Waals surface area contributed by atoms with E-state index in [0.29, 0.717) is 24.5 Å². The van der Waals surface area contributed by atoms with Gasteiger partial charge in [0, 0.05) is 24.0 Å². The molecule has 0 unspecified atom stereocenters. The van der Waals surface area contributed by atoms with Gasteiger partial charge in [-0.1, -0.05) is 18.2 Å². The van der Waals surface area contributed by atoms with Gasteiger partial charge in [0.05, 0.1) is 17.7 Å². The second kappa shape index (κ2) is 9.53. The van der Waals surface area contributed by atoms with Gasteiger partial charge in [0.25, 0.3) is 5.91 Å². The van der Waals surface area contributed by atoms with Gasteiger partial charge in [0.1, 0.15) is 0 Å². The average molecular weight is 377 g/mol. The Bertz CT molecular complexity index is 752. The first-order valence-corrected chi connectivity index (χ1v) is 8.97. The Balaban J connectivity index is 0.00000243. The molecule has 2 aromatic rings. The lowest BCUT2D eigenvalue weighted by Crippen LogP contribution is -2.38. The molecule has 1 N–H and O–H groups in total. The molecule has 0 aliphatic heterocycles. The van der Waals surface area contributed by atoms with Gasteiger partial charge >= 0.3 is 5.97 Å². The number of pyridine rings is 1. The third-order valence-electron chi connectivity index (χ3n) is 4.84. The van der Waals surface area contributed by atoms with Crippen LogP contribution in [0.2, 0.25) is 0 Å². The molecule has 1 aromatic heterocycles. The summed E-state index contributed by atoms with van der Waals surface area (Å²) < 4.78 is 5.02. The van der Waals surface area contributed by atoms with E-state index in [1.807, 2.05) is 31.2 Å². The van der Waals surface area contributed by atoms with Crippen LogP contribution in [0.1, 0.15) is 49.4 Å². The van der Waals surface area contributed by atoms with Crippen LogP contribution < -0.4 is 5.32 Å². The highest BCUT2D eigenvalue weighted by atomic mass is 35.5. The van der Waals surface area contributed by atoms with Gasteiger partial charge in [-0.15, -0.1) is 12.4 Å². The van der Waals surface area contributed by atoms with Crippen molar-refractivity contribution in [2.45, 2.75) is 45.1 Å². The quantitative estimate of drug-likeness (QED) is 0.803. The Morgan fingerprint density at radius 1 is 1.15 bits per heavy atom. The molecule has 1 aliphatic carbocycles. The third-order valence-corrected chi connectivity index (χ3v) is 4.84. The second-order valence-electron chi connectivity index (χ2n) is 6.58. The maximum absolute atomic E-state index is 12.7. The fourth-order valence-electron chi connectivity index (χ4n) is 3.52. The van der Waals surface area contributed by atoms with E-state index >= 15 is 0 Å². The fourth-order valence-corrected chi connectivity index (χ4v) is 3.52. The molecule has 0 saturated heterocycles. The standard InChI is InChI=1S/C20H24N2O3.ClH/c1-2-25-19(23)13-14-7-9-15(10-8-14)22-20(24)17-11-12-21-18-6-4-3-5-16(17)18;/h3-6,11-12,14-15H,2,7-10,13H2,1H3,(H,22,24);1H. The monoisotopic (exact) mass is 376 g/mol. The van der Waals surface area contributed by atoms with Crippen molar-refractivity contribution in [2.24, 2.45) is 5.92 Å². The van der Waals surface area contributed by atoms with Gasteiger partial charge < -0.3 is 10.1 Å². The number of esters is 1. The predicted molar refractivity (Wildman–Crippen MR) is 103 cm³/mol. The van der Waals surface area contributed by atoms with Crippen molar-refractivity contribution >= 4 is 35.2 Å².